The molecule has 0 aromatic rings. The van der Waals surface area contributed by atoms with Crippen LogP contribution in [0.5, 0.6) is 0 Å². The normalized spacial score (nSPS) is 17.7. The van der Waals surface area contributed by atoms with E-state index >= 15 is 0 Å². The van der Waals surface area contributed by atoms with Crippen molar-refractivity contribution in [3.05, 3.63) is 12.2 Å². The van der Waals surface area contributed by atoms with E-state index in [0.717, 1.165) is 5.57 Å². The Morgan fingerprint density at radius 2 is 2.19 bits per heavy atom. The fourth-order valence-electron chi connectivity index (χ4n) is 1.80. The van der Waals surface area contributed by atoms with Crippen LogP contribution in [-0.4, -0.2) is 31.8 Å². The van der Waals surface area contributed by atoms with Gasteiger partial charge in [-0.2, -0.15) is 0 Å². The zero-order valence-corrected chi connectivity index (χ0v) is 10.2. The smallest absolute Gasteiger partial charge is 0.188 e. The molecule has 3 N–H and O–H groups in total. The second kappa shape index (κ2) is 7.28. The molecule has 0 aliphatic heterocycles. The molecule has 0 radical (unpaired) electrons. The first-order chi connectivity index (χ1) is 7.68. The summed E-state index contributed by atoms with van der Waals surface area (Å²) in [5, 5.41) is 3.23. The third-order valence-electron chi connectivity index (χ3n) is 2.57. The van der Waals surface area contributed by atoms with Crippen LogP contribution >= 0.6 is 0 Å². The van der Waals surface area contributed by atoms with Gasteiger partial charge in [0, 0.05) is 6.04 Å². The number of ether oxygens (including phenoxy) is 1. The van der Waals surface area contributed by atoms with E-state index in [0.29, 0.717) is 31.8 Å². The lowest BCUT2D eigenvalue weighted by atomic mass is 10.2. The molecule has 4 heteroatoms. The predicted octanol–water partition coefficient (Wildman–Crippen LogP) is 1.43. The largest absolute Gasteiger partial charge is 0.375 e. The Labute approximate surface area is 98.0 Å². The lowest BCUT2D eigenvalue weighted by Crippen LogP contribution is -2.38. The highest BCUT2D eigenvalue weighted by Crippen LogP contribution is 2.17. The molecule has 1 saturated carbocycles. The van der Waals surface area contributed by atoms with Crippen LogP contribution in [0.15, 0.2) is 17.1 Å². The summed E-state index contributed by atoms with van der Waals surface area (Å²) in [5.74, 6) is 0.547. The van der Waals surface area contributed by atoms with Crippen LogP contribution in [0.3, 0.4) is 0 Å². The molecule has 1 aliphatic rings. The van der Waals surface area contributed by atoms with Crippen molar-refractivity contribution in [2.24, 2.45) is 10.7 Å². The van der Waals surface area contributed by atoms with Gasteiger partial charge in [-0.3, -0.25) is 4.99 Å². The van der Waals surface area contributed by atoms with E-state index in [4.69, 9.17) is 10.5 Å². The molecule has 1 fully saturated rings. The quantitative estimate of drug-likeness (QED) is 0.311. The van der Waals surface area contributed by atoms with Gasteiger partial charge in [0.15, 0.2) is 5.96 Å². The van der Waals surface area contributed by atoms with E-state index in [1.807, 2.05) is 6.92 Å². The summed E-state index contributed by atoms with van der Waals surface area (Å²) < 4.78 is 5.33. The average molecular weight is 225 g/mol. The second-order valence-electron chi connectivity index (χ2n) is 4.40. The van der Waals surface area contributed by atoms with Gasteiger partial charge in [-0.25, -0.2) is 0 Å². The minimum absolute atomic E-state index is 0.528. The number of nitrogens with one attached hydrogen (secondary N) is 1. The first-order valence-corrected chi connectivity index (χ1v) is 5.97. The Hall–Kier alpha value is -1.03. The molecule has 0 unspecified atom stereocenters. The van der Waals surface area contributed by atoms with Crippen molar-refractivity contribution >= 4 is 5.96 Å². The van der Waals surface area contributed by atoms with Gasteiger partial charge in [-0.15, -0.1) is 0 Å². The van der Waals surface area contributed by atoms with Crippen molar-refractivity contribution in [3.8, 4) is 0 Å². The molecular weight excluding hydrogens is 202 g/mol. The van der Waals surface area contributed by atoms with Gasteiger partial charge in [0.1, 0.15) is 0 Å². The molecular formula is C12H23N3O. The van der Waals surface area contributed by atoms with Crippen molar-refractivity contribution < 1.29 is 4.74 Å². The third kappa shape index (κ3) is 5.75. The minimum Gasteiger partial charge on any atom is -0.375 e. The van der Waals surface area contributed by atoms with Crippen LogP contribution in [0.2, 0.25) is 0 Å². The van der Waals surface area contributed by atoms with Gasteiger partial charge in [-0.05, 0) is 19.8 Å². The van der Waals surface area contributed by atoms with E-state index in [2.05, 4.69) is 16.9 Å². The van der Waals surface area contributed by atoms with E-state index in [9.17, 15) is 0 Å². The topological polar surface area (TPSA) is 59.6 Å². The molecule has 0 spiro atoms. The minimum atomic E-state index is 0.528. The summed E-state index contributed by atoms with van der Waals surface area (Å²) in [4.78, 5) is 4.21. The molecule has 0 heterocycles. The summed E-state index contributed by atoms with van der Waals surface area (Å²) in [7, 11) is 0. The fourth-order valence-corrected chi connectivity index (χ4v) is 1.80. The molecule has 0 aromatic heterocycles. The SMILES string of the molecule is C=C(C)COCCN=C(N)NC1CCCC1. The van der Waals surface area contributed by atoms with Crippen LogP contribution in [0, 0.1) is 0 Å². The van der Waals surface area contributed by atoms with Crippen LogP contribution < -0.4 is 11.1 Å². The van der Waals surface area contributed by atoms with E-state index in [1.54, 1.807) is 0 Å². The Morgan fingerprint density at radius 3 is 2.81 bits per heavy atom. The van der Waals surface area contributed by atoms with Crippen molar-refractivity contribution in [1.29, 1.82) is 0 Å². The standard InChI is InChI=1S/C12H23N3O/c1-10(2)9-16-8-7-14-12(13)15-11-5-3-4-6-11/h11H,1,3-9H2,2H3,(H3,13,14,15). The summed E-state index contributed by atoms with van der Waals surface area (Å²) in [6.45, 7) is 7.51. The highest BCUT2D eigenvalue weighted by atomic mass is 16.5. The van der Waals surface area contributed by atoms with Crippen LogP contribution in [-0.2, 0) is 4.74 Å². The van der Waals surface area contributed by atoms with Crippen LogP contribution in [0.1, 0.15) is 32.6 Å². The Morgan fingerprint density at radius 1 is 1.50 bits per heavy atom. The van der Waals surface area contributed by atoms with Crippen LogP contribution in [0.4, 0.5) is 0 Å². The van der Waals surface area contributed by atoms with Gasteiger partial charge >= 0.3 is 0 Å². The first-order valence-electron chi connectivity index (χ1n) is 5.97. The highest BCUT2D eigenvalue weighted by Gasteiger charge is 2.14. The molecule has 92 valence electrons. The maximum absolute atomic E-state index is 5.76. The molecule has 16 heavy (non-hydrogen) atoms. The van der Waals surface area contributed by atoms with Gasteiger partial charge in [0.05, 0.1) is 19.8 Å². The van der Waals surface area contributed by atoms with Crippen molar-refractivity contribution in [1.82, 2.24) is 5.32 Å². The van der Waals surface area contributed by atoms with Crippen LogP contribution in [0.25, 0.3) is 0 Å². The van der Waals surface area contributed by atoms with E-state index in [-0.39, 0.29) is 0 Å². The van der Waals surface area contributed by atoms with E-state index < -0.39 is 0 Å². The molecule has 0 atom stereocenters. The first kappa shape index (κ1) is 13.0. The molecule has 4 nitrogen and oxygen atoms in total. The number of nitrogens with zero attached hydrogens (tertiary/aromatic N) is 1. The maximum Gasteiger partial charge on any atom is 0.188 e. The average Bonchev–Trinajstić information content (AvgIpc) is 2.69. The predicted molar refractivity (Wildman–Crippen MR) is 67.5 cm³/mol. The molecule has 1 aliphatic carbocycles. The number of nitrogens with two attached hydrogens (primary N) is 1. The van der Waals surface area contributed by atoms with Gasteiger partial charge in [0.2, 0.25) is 0 Å². The fraction of sp³-hybridized carbons (Fsp3) is 0.750. The maximum atomic E-state index is 5.76. The lowest BCUT2D eigenvalue weighted by molar-refractivity contribution is 0.164. The molecule has 0 saturated heterocycles. The van der Waals surface area contributed by atoms with Gasteiger partial charge in [-0.1, -0.05) is 25.0 Å². The number of guanidine groups is 1. The number of hydrogen-bond acceptors (Lipinski definition) is 2. The number of aliphatic imine (C=N–C) groups is 1. The molecule has 0 aromatic carbocycles. The molecule has 0 bridgehead atoms. The van der Waals surface area contributed by atoms with E-state index in [1.165, 1.54) is 25.7 Å². The Bertz CT molecular complexity index is 245. The molecule has 0 amide bonds. The summed E-state index contributed by atoms with van der Waals surface area (Å²) in [6.07, 6.45) is 5.02. The summed E-state index contributed by atoms with van der Waals surface area (Å²) >= 11 is 0. The Kier molecular flexibility index (Phi) is 5.93. The monoisotopic (exact) mass is 225 g/mol. The Balaban J connectivity index is 2.06. The number of hydrogen-bond donors (Lipinski definition) is 2. The van der Waals surface area contributed by atoms with Gasteiger partial charge in [0.25, 0.3) is 0 Å². The zero-order valence-electron chi connectivity index (χ0n) is 10.2. The number of rotatable bonds is 6. The molecule has 1 rings (SSSR count). The zero-order chi connectivity index (χ0) is 11.8. The van der Waals surface area contributed by atoms with Crippen molar-refractivity contribution in [2.75, 3.05) is 19.8 Å². The summed E-state index contributed by atoms with van der Waals surface area (Å²) in [5.41, 5.74) is 6.79. The second-order valence-corrected chi connectivity index (χ2v) is 4.40. The lowest BCUT2D eigenvalue weighted by Gasteiger charge is -2.12. The summed E-state index contributed by atoms with van der Waals surface area (Å²) in [6, 6.07) is 0.528. The van der Waals surface area contributed by atoms with Crippen molar-refractivity contribution in [2.45, 2.75) is 38.6 Å². The van der Waals surface area contributed by atoms with Crippen molar-refractivity contribution in [3.63, 3.8) is 0 Å². The highest BCUT2D eigenvalue weighted by molar-refractivity contribution is 5.78. The third-order valence-corrected chi connectivity index (χ3v) is 2.57. The van der Waals surface area contributed by atoms with Gasteiger partial charge < -0.3 is 15.8 Å².